The van der Waals surface area contributed by atoms with E-state index in [0.29, 0.717) is 5.92 Å². The monoisotopic (exact) mass is 365 g/mol. The molecule has 1 aliphatic rings. The molecule has 4 rings (SSSR count). The van der Waals surface area contributed by atoms with Crippen LogP contribution in [0.1, 0.15) is 59.4 Å². The van der Waals surface area contributed by atoms with E-state index in [1.807, 2.05) is 22.7 Å². The van der Waals surface area contributed by atoms with Crippen molar-refractivity contribution in [3.05, 3.63) is 47.0 Å². The van der Waals surface area contributed by atoms with Gasteiger partial charge in [0, 0.05) is 48.5 Å². The number of nitrogens with one attached hydrogen (secondary N) is 1. The molecule has 3 aromatic heterocycles. The van der Waals surface area contributed by atoms with Crippen LogP contribution in [-0.2, 0) is 6.54 Å². The highest BCUT2D eigenvalue weighted by atomic mass is 16.2. The molecule has 6 heteroatoms. The Morgan fingerprint density at radius 3 is 2.96 bits per heavy atom. The highest BCUT2D eigenvalue weighted by Gasteiger charge is 2.28. The second kappa shape index (κ2) is 7.18. The Morgan fingerprint density at radius 2 is 2.15 bits per heavy atom. The first-order valence-corrected chi connectivity index (χ1v) is 9.83. The van der Waals surface area contributed by atoms with Gasteiger partial charge in [-0.05, 0) is 50.8 Å². The summed E-state index contributed by atoms with van der Waals surface area (Å²) in [5.41, 5.74) is 4.97. The molecular formula is C21H27N5O. The summed E-state index contributed by atoms with van der Waals surface area (Å²) in [7, 11) is 0. The molecular weight excluding hydrogens is 338 g/mol. The fourth-order valence-corrected chi connectivity index (χ4v) is 4.05. The molecule has 0 saturated carbocycles. The normalized spacial score (nSPS) is 17.6. The van der Waals surface area contributed by atoms with E-state index in [-0.39, 0.29) is 5.91 Å². The number of piperidine rings is 1. The van der Waals surface area contributed by atoms with Crippen LogP contribution >= 0.6 is 0 Å². The fourth-order valence-electron chi connectivity index (χ4n) is 4.05. The third-order valence-electron chi connectivity index (χ3n) is 5.55. The quantitative estimate of drug-likeness (QED) is 0.764. The van der Waals surface area contributed by atoms with Gasteiger partial charge < -0.3 is 9.88 Å². The van der Waals surface area contributed by atoms with Crippen LogP contribution in [0.4, 0.5) is 0 Å². The number of aromatic nitrogens is 4. The number of hydrogen-bond donors (Lipinski definition) is 1. The average Bonchev–Trinajstić information content (AvgIpc) is 3.25. The topological polar surface area (TPSA) is 66.8 Å². The van der Waals surface area contributed by atoms with Crippen molar-refractivity contribution in [3.63, 3.8) is 0 Å². The maximum absolute atomic E-state index is 13.1. The molecule has 27 heavy (non-hydrogen) atoms. The smallest absolute Gasteiger partial charge is 0.257 e. The lowest BCUT2D eigenvalue weighted by atomic mass is 9.94. The minimum Gasteiger partial charge on any atom is -0.343 e. The summed E-state index contributed by atoms with van der Waals surface area (Å²) in [6.45, 7) is 8.57. The highest BCUT2D eigenvalue weighted by Crippen LogP contribution is 2.29. The molecule has 1 fully saturated rings. The molecule has 0 aromatic carbocycles. The van der Waals surface area contributed by atoms with Crippen molar-refractivity contribution in [2.75, 3.05) is 13.1 Å². The molecule has 3 aromatic rings. The van der Waals surface area contributed by atoms with Crippen molar-refractivity contribution < 1.29 is 4.79 Å². The molecule has 1 atom stereocenters. The summed E-state index contributed by atoms with van der Waals surface area (Å²) in [6.07, 6.45) is 6.72. The zero-order valence-electron chi connectivity index (χ0n) is 16.3. The number of carbonyl (C=O) groups is 1. The SMILES string of the molecule is CCCn1ncc(C(=O)N2CCCC(c3cc4cc(C)cnc4[nH]3)C2)c1C. The number of hydrogen-bond acceptors (Lipinski definition) is 3. The standard InChI is InChI=1S/C21H27N5O/c1-4-7-26-15(3)18(12-23-26)21(27)25-8-5-6-16(13-25)19-10-17-9-14(2)11-22-20(17)24-19/h9-12,16H,4-8,13H2,1-3H3,(H,22,24). The molecule has 1 aliphatic heterocycles. The molecule has 0 radical (unpaired) electrons. The lowest BCUT2D eigenvalue weighted by molar-refractivity contribution is 0.0705. The van der Waals surface area contributed by atoms with Gasteiger partial charge in [0.05, 0.1) is 11.8 Å². The highest BCUT2D eigenvalue weighted by molar-refractivity contribution is 5.95. The van der Waals surface area contributed by atoms with Gasteiger partial charge in [0.1, 0.15) is 5.65 Å². The van der Waals surface area contributed by atoms with Gasteiger partial charge in [-0.2, -0.15) is 5.10 Å². The Morgan fingerprint density at radius 1 is 1.30 bits per heavy atom. The van der Waals surface area contributed by atoms with Gasteiger partial charge in [0.25, 0.3) is 5.91 Å². The second-order valence-corrected chi connectivity index (χ2v) is 7.63. The van der Waals surface area contributed by atoms with Crippen LogP contribution < -0.4 is 0 Å². The Kier molecular flexibility index (Phi) is 4.72. The predicted octanol–water partition coefficient (Wildman–Crippen LogP) is 3.81. The van der Waals surface area contributed by atoms with Crippen LogP contribution in [0.15, 0.2) is 24.5 Å². The lowest BCUT2D eigenvalue weighted by Crippen LogP contribution is -2.39. The maximum Gasteiger partial charge on any atom is 0.257 e. The Hall–Kier alpha value is -2.63. The zero-order chi connectivity index (χ0) is 19.0. The van der Waals surface area contributed by atoms with E-state index in [2.05, 4.69) is 41.0 Å². The minimum absolute atomic E-state index is 0.102. The third-order valence-corrected chi connectivity index (χ3v) is 5.55. The van der Waals surface area contributed by atoms with Gasteiger partial charge in [-0.1, -0.05) is 6.92 Å². The Balaban J connectivity index is 1.54. The number of amides is 1. The number of aryl methyl sites for hydroxylation is 2. The van der Waals surface area contributed by atoms with Crippen molar-refractivity contribution >= 4 is 16.9 Å². The summed E-state index contributed by atoms with van der Waals surface area (Å²) >= 11 is 0. The summed E-state index contributed by atoms with van der Waals surface area (Å²) < 4.78 is 1.93. The molecule has 142 valence electrons. The van der Waals surface area contributed by atoms with E-state index < -0.39 is 0 Å². The number of fused-ring (bicyclic) bond motifs is 1. The van der Waals surface area contributed by atoms with E-state index >= 15 is 0 Å². The van der Waals surface area contributed by atoms with E-state index in [1.54, 1.807) is 6.20 Å². The summed E-state index contributed by atoms with van der Waals surface area (Å²) in [5.74, 6) is 0.424. The van der Waals surface area contributed by atoms with Crippen molar-refractivity contribution in [2.45, 2.75) is 52.5 Å². The van der Waals surface area contributed by atoms with Crippen LogP contribution in [0.2, 0.25) is 0 Å². The lowest BCUT2D eigenvalue weighted by Gasteiger charge is -2.32. The van der Waals surface area contributed by atoms with Gasteiger partial charge in [-0.15, -0.1) is 0 Å². The van der Waals surface area contributed by atoms with Crippen molar-refractivity contribution in [3.8, 4) is 0 Å². The number of aromatic amines is 1. The molecule has 1 unspecified atom stereocenters. The summed E-state index contributed by atoms with van der Waals surface area (Å²) in [4.78, 5) is 23.0. The maximum atomic E-state index is 13.1. The van der Waals surface area contributed by atoms with Crippen LogP contribution in [0.5, 0.6) is 0 Å². The number of likely N-dealkylation sites (tertiary alicyclic amines) is 1. The van der Waals surface area contributed by atoms with Gasteiger partial charge in [0.2, 0.25) is 0 Å². The first kappa shape index (κ1) is 17.8. The van der Waals surface area contributed by atoms with Crippen LogP contribution in [0.3, 0.4) is 0 Å². The summed E-state index contributed by atoms with van der Waals surface area (Å²) in [5, 5.41) is 5.53. The van der Waals surface area contributed by atoms with Gasteiger partial charge in [0.15, 0.2) is 0 Å². The van der Waals surface area contributed by atoms with Gasteiger partial charge in [-0.25, -0.2) is 4.98 Å². The first-order valence-electron chi connectivity index (χ1n) is 9.83. The fraction of sp³-hybridized carbons (Fsp3) is 0.476. The zero-order valence-corrected chi connectivity index (χ0v) is 16.3. The number of nitrogens with zero attached hydrogens (tertiary/aromatic N) is 4. The molecule has 0 spiro atoms. The first-order chi connectivity index (χ1) is 13.1. The van der Waals surface area contributed by atoms with Crippen LogP contribution in [0.25, 0.3) is 11.0 Å². The average molecular weight is 365 g/mol. The number of rotatable bonds is 4. The largest absolute Gasteiger partial charge is 0.343 e. The van der Waals surface area contributed by atoms with E-state index in [9.17, 15) is 4.79 Å². The second-order valence-electron chi connectivity index (χ2n) is 7.63. The summed E-state index contributed by atoms with van der Waals surface area (Å²) in [6, 6.07) is 4.35. The van der Waals surface area contributed by atoms with Crippen molar-refractivity contribution in [1.82, 2.24) is 24.6 Å². The Labute approximate surface area is 159 Å². The Bertz CT molecular complexity index is 970. The number of carbonyl (C=O) groups excluding carboxylic acids is 1. The van der Waals surface area contributed by atoms with Crippen LogP contribution in [0, 0.1) is 13.8 Å². The molecule has 6 nitrogen and oxygen atoms in total. The predicted molar refractivity (Wildman–Crippen MR) is 106 cm³/mol. The number of H-pyrrole nitrogens is 1. The molecule has 1 amide bonds. The third kappa shape index (κ3) is 3.36. The molecule has 4 heterocycles. The van der Waals surface area contributed by atoms with Crippen molar-refractivity contribution in [2.24, 2.45) is 0 Å². The molecule has 1 N–H and O–H groups in total. The van der Waals surface area contributed by atoms with E-state index in [1.165, 1.54) is 5.69 Å². The van der Waals surface area contributed by atoms with Crippen LogP contribution in [-0.4, -0.2) is 43.6 Å². The molecule has 0 aliphatic carbocycles. The van der Waals surface area contributed by atoms with Crippen molar-refractivity contribution in [1.29, 1.82) is 0 Å². The number of pyridine rings is 1. The minimum atomic E-state index is 0.102. The molecule has 1 saturated heterocycles. The van der Waals surface area contributed by atoms with E-state index in [4.69, 9.17) is 0 Å². The van der Waals surface area contributed by atoms with Gasteiger partial charge in [-0.3, -0.25) is 9.48 Å². The van der Waals surface area contributed by atoms with E-state index in [0.717, 1.165) is 66.8 Å². The molecule has 0 bridgehead atoms. The van der Waals surface area contributed by atoms with Gasteiger partial charge >= 0.3 is 0 Å².